The maximum Gasteiger partial charge on any atom is 0.308 e. The van der Waals surface area contributed by atoms with Crippen LogP contribution in [-0.4, -0.2) is 43.1 Å². The van der Waals surface area contributed by atoms with E-state index >= 15 is 0 Å². The van der Waals surface area contributed by atoms with Gasteiger partial charge in [-0.25, -0.2) is 0 Å². The predicted molar refractivity (Wildman–Crippen MR) is 75.0 cm³/mol. The molecule has 0 spiro atoms. The average Bonchev–Trinajstić information content (AvgIpc) is 2.29. The maximum atomic E-state index is 12.3. The standard InChI is InChI=1S/C12H22O4S2/c1-4-12(17-7-6-8-18(12)15)11(3,14)9-10(13)16-5-2/h14H,4-9H2,1-3H3/t11-,12-,18-/m1/s1. The summed E-state index contributed by atoms with van der Waals surface area (Å²) in [5.74, 6) is 1.04. The lowest BCUT2D eigenvalue weighted by molar-refractivity contribution is -0.148. The van der Waals surface area contributed by atoms with Crippen molar-refractivity contribution in [1.82, 2.24) is 0 Å². The molecule has 4 nitrogen and oxygen atoms in total. The number of hydrogen-bond acceptors (Lipinski definition) is 5. The van der Waals surface area contributed by atoms with E-state index in [2.05, 4.69) is 0 Å². The number of ether oxygens (including phenoxy) is 1. The van der Waals surface area contributed by atoms with Crippen LogP contribution in [0.15, 0.2) is 0 Å². The molecule has 1 rings (SSSR count). The number of hydrogen-bond donors (Lipinski definition) is 1. The van der Waals surface area contributed by atoms with Gasteiger partial charge in [-0.2, -0.15) is 0 Å². The van der Waals surface area contributed by atoms with Gasteiger partial charge in [-0.1, -0.05) is 6.92 Å². The Morgan fingerprint density at radius 1 is 1.56 bits per heavy atom. The van der Waals surface area contributed by atoms with Crippen LogP contribution in [0.5, 0.6) is 0 Å². The van der Waals surface area contributed by atoms with Gasteiger partial charge in [-0.05, 0) is 32.4 Å². The molecule has 0 aliphatic carbocycles. The summed E-state index contributed by atoms with van der Waals surface area (Å²) >= 11 is 1.53. The van der Waals surface area contributed by atoms with Gasteiger partial charge >= 0.3 is 5.97 Å². The van der Waals surface area contributed by atoms with E-state index in [0.717, 1.165) is 12.2 Å². The lowest BCUT2D eigenvalue weighted by Crippen LogP contribution is -2.55. The first-order valence-electron chi connectivity index (χ1n) is 6.30. The Bertz CT molecular complexity index is 330. The number of carbonyl (C=O) groups is 1. The number of thioether (sulfide) groups is 1. The van der Waals surface area contributed by atoms with Crippen LogP contribution < -0.4 is 0 Å². The summed E-state index contributed by atoms with van der Waals surface area (Å²) in [5, 5.41) is 10.6. The SMILES string of the molecule is CCOC(=O)C[C@@](C)(O)[C@]1(CC)SCCC[S@]1=O. The van der Waals surface area contributed by atoms with Crippen LogP contribution >= 0.6 is 11.8 Å². The van der Waals surface area contributed by atoms with E-state index in [1.54, 1.807) is 13.8 Å². The van der Waals surface area contributed by atoms with E-state index in [-0.39, 0.29) is 6.42 Å². The van der Waals surface area contributed by atoms with Crippen LogP contribution in [0.25, 0.3) is 0 Å². The summed E-state index contributed by atoms with van der Waals surface area (Å²) in [7, 11) is -1.12. The van der Waals surface area contributed by atoms with E-state index < -0.39 is 26.4 Å². The zero-order valence-corrected chi connectivity index (χ0v) is 12.9. The highest BCUT2D eigenvalue weighted by atomic mass is 32.2. The smallest absolute Gasteiger partial charge is 0.308 e. The lowest BCUT2D eigenvalue weighted by Gasteiger charge is -2.45. The number of aliphatic hydroxyl groups is 1. The minimum absolute atomic E-state index is 0.104. The van der Waals surface area contributed by atoms with Crippen molar-refractivity contribution in [3.63, 3.8) is 0 Å². The molecule has 1 aliphatic rings. The molecule has 0 bridgehead atoms. The van der Waals surface area contributed by atoms with E-state index in [1.807, 2.05) is 6.92 Å². The highest BCUT2D eigenvalue weighted by molar-refractivity contribution is 8.13. The monoisotopic (exact) mass is 294 g/mol. The van der Waals surface area contributed by atoms with Crippen molar-refractivity contribution in [2.45, 2.75) is 49.7 Å². The van der Waals surface area contributed by atoms with Crippen LogP contribution in [0.3, 0.4) is 0 Å². The maximum absolute atomic E-state index is 12.3. The molecule has 0 aromatic rings. The Morgan fingerprint density at radius 3 is 2.72 bits per heavy atom. The zero-order chi connectivity index (χ0) is 13.8. The predicted octanol–water partition coefficient (Wildman–Crippen LogP) is 1.68. The van der Waals surface area contributed by atoms with Crippen molar-refractivity contribution in [2.24, 2.45) is 0 Å². The normalized spacial score (nSPS) is 31.7. The van der Waals surface area contributed by atoms with Crippen LogP contribution in [0, 0.1) is 0 Å². The third-order valence-corrected chi connectivity index (χ3v) is 7.98. The summed E-state index contributed by atoms with van der Waals surface area (Å²) in [6, 6.07) is 0. The van der Waals surface area contributed by atoms with Gasteiger partial charge in [0, 0.05) is 16.6 Å². The summed E-state index contributed by atoms with van der Waals surface area (Å²) in [4.78, 5) is 11.6. The van der Waals surface area contributed by atoms with Crippen LogP contribution in [0.1, 0.15) is 40.0 Å². The second kappa shape index (κ2) is 6.39. The van der Waals surface area contributed by atoms with Gasteiger partial charge < -0.3 is 9.84 Å². The Morgan fingerprint density at radius 2 is 2.22 bits per heavy atom. The quantitative estimate of drug-likeness (QED) is 0.782. The Balaban J connectivity index is 2.90. The van der Waals surface area contributed by atoms with Crippen LogP contribution in [0.4, 0.5) is 0 Å². The molecule has 6 heteroatoms. The van der Waals surface area contributed by atoms with Crippen molar-refractivity contribution in [3.05, 3.63) is 0 Å². The van der Waals surface area contributed by atoms with E-state index in [9.17, 15) is 14.1 Å². The van der Waals surface area contributed by atoms with Crippen LogP contribution in [-0.2, 0) is 20.3 Å². The molecule has 1 heterocycles. The van der Waals surface area contributed by atoms with Gasteiger partial charge in [-0.3, -0.25) is 9.00 Å². The average molecular weight is 294 g/mol. The fraction of sp³-hybridized carbons (Fsp3) is 0.917. The number of rotatable bonds is 5. The molecule has 3 atom stereocenters. The van der Waals surface area contributed by atoms with E-state index in [0.29, 0.717) is 18.8 Å². The molecule has 0 unspecified atom stereocenters. The largest absolute Gasteiger partial charge is 0.466 e. The van der Waals surface area contributed by atoms with E-state index in [4.69, 9.17) is 4.74 Å². The minimum atomic E-state index is -1.30. The first-order valence-corrected chi connectivity index (χ1v) is 8.60. The molecule has 1 aliphatic heterocycles. The Labute approximate surface area is 115 Å². The molecular formula is C12H22O4S2. The van der Waals surface area contributed by atoms with Gasteiger partial charge in [0.25, 0.3) is 0 Å². The lowest BCUT2D eigenvalue weighted by atomic mass is 9.95. The Kier molecular flexibility index (Phi) is 5.67. The molecule has 0 aromatic heterocycles. The summed E-state index contributed by atoms with van der Waals surface area (Å²) in [6.07, 6.45) is 1.37. The molecule has 106 valence electrons. The van der Waals surface area contributed by atoms with E-state index in [1.165, 1.54) is 11.8 Å². The van der Waals surface area contributed by atoms with Crippen molar-refractivity contribution in [2.75, 3.05) is 18.1 Å². The molecule has 0 amide bonds. The van der Waals surface area contributed by atoms with Crippen molar-refractivity contribution < 1.29 is 18.8 Å². The Hall–Kier alpha value is -0.0700. The fourth-order valence-electron chi connectivity index (χ4n) is 2.33. The highest BCUT2D eigenvalue weighted by Gasteiger charge is 2.53. The minimum Gasteiger partial charge on any atom is -0.466 e. The number of carbonyl (C=O) groups excluding carboxylic acids is 1. The molecule has 1 fully saturated rings. The van der Waals surface area contributed by atoms with Gasteiger partial charge in [0.1, 0.15) is 4.08 Å². The molecule has 0 saturated carbocycles. The second-order valence-corrected chi connectivity index (χ2v) is 8.06. The van der Waals surface area contributed by atoms with Gasteiger partial charge in [-0.15, -0.1) is 11.8 Å². The molecule has 1 N–H and O–H groups in total. The number of esters is 1. The van der Waals surface area contributed by atoms with Gasteiger partial charge in [0.15, 0.2) is 0 Å². The topological polar surface area (TPSA) is 63.6 Å². The third-order valence-electron chi connectivity index (χ3n) is 3.26. The summed E-state index contributed by atoms with van der Waals surface area (Å²) < 4.78 is 16.4. The summed E-state index contributed by atoms with van der Waals surface area (Å²) in [5.41, 5.74) is -1.30. The van der Waals surface area contributed by atoms with Crippen LogP contribution in [0.2, 0.25) is 0 Å². The molecule has 1 saturated heterocycles. The molecule has 0 aromatic carbocycles. The van der Waals surface area contributed by atoms with Crippen molar-refractivity contribution in [3.8, 4) is 0 Å². The van der Waals surface area contributed by atoms with Gasteiger partial charge in [0.05, 0.1) is 18.6 Å². The second-order valence-electron chi connectivity index (χ2n) is 4.61. The highest BCUT2D eigenvalue weighted by Crippen LogP contribution is 2.47. The molecule has 0 radical (unpaired) electrons. The van der Waals surface area contributed by atoms with Gasteiger partial charge in [0.2, 0.25) is 0 Å². The zero-order valence-electron chi connectivity index (χ0n) is 11.2. The molecular weight excluding hydrogens is 272 g/mol. The fourth-order valence-corrected chi connectivity index (χ4v) is 6.37. The first-order chi connectivity index (χ1) is 8.39. The van der Waals surface area contributed by atoms with Crippen molar-refractivity contribution >= 4 is 28.5 Å². The first kappa shape index (κ1) is 16.0. The third kappa shape index (κ3) is 3.08. The molecule has 18 heavy (non-hydrogen) atoms. The van der Waals surface area contributed by atoms with Crippen molar-refractivity contribution in [1.29, 1.82) is 0 Å². The summed E-state index contributed by atoms with van der Waals surface area (Å²) in [6.45, 7) is 5.54.